The second-order valence-electron chi connectivity index (χ2n) is 7.01. The number of nitrogens with zero attached hydrogens (tertiary/aromatic N) is 2. The molecular formula is C23H21N3O6. The van der Waals surface area contributed by atoms with Crippen LogP contribution < -0.4 is 26.0 Å². The first-order valence-electron chi connectivity index (χ1n) is 9.78. The number of hydrogen-bond donors (Lipinski definition) is 1. The maximum Gasteiger partial charge on any atom is 0.332 e. The van der Waals surface area contributed by atoms with E-state index in [0.717, 1.165) is 4.57 Å². The third-order valence-electron chi connectivity index (χ3n) is 4.96. The van der Waals surface area contributed by atoms with Crippen LogP contribution in [0, 0.1) is 0 Å². The van der Waals surface area contributed by atoms with Gasteiger partial charge in [0.25, 0.3) is 5.56 Å². The van der Waals surface area contributed by atoms with Crippen molar-refractivity contribution in [3.8, 4) is 11.5 Å². The van der Waals surface area contributed by atoms with Crippen molar-refractivity contribution < 1.29 is 18.7 Å². The molecule has 9 heteroatoms. The minimum absolute atomic E-state index is 0.0375. The lowest BCUT2D eigenvalue weighted by atomic mass is 10.2. The molecule has 0 unspecified atom stereocenters. The lowest BCUT2D eigenvalue weighted by molar-refractivity contribution is -0.116. The van der Waals surface area contributed by atoms with E-state index in [9.17, 15) is 14.4 Å². The number of methoxy groups -OCH3 is 2. The molecule has 0 aliphatic rings. The molecule has 0 bridgehead atoms. The molecule has 0 aliphatic carbocycles. The van der Waals surface area contributed by atoms with Gasteiger partial charge in [-0.05, 0) is 24.3 Å². The Balaban J connectivity index is 1.72. The summed E-state index contributed by atoms with van der Waals surface area (Å²) in [5.41, 5.74) is -0.233. The molecule has 2 aromatic heterocycles. The maximum atomic E-state index is 13.2. The SMILES string of the molecule is COc1cc(NC(=O)Cn2c(=O)n(Cc3ccco3)c(=O)c3ccccc32)cc(OC)c1. The lowest BCUT2D eigenvalue weighted by Crippen LogP contribution is -2.42. The summed E-state index contributed by atoms with van der Waals surface area (Å²) in [4.78, 5) is 38.9. The van der Waals surface area contributed by atoms with Crippen molar-refractivity contribution in [3.05, 3.63) is 87.5 Å². The second kappa shape index (κ2) is 8.84. The van der Waals surface area contributed by atoms with E-state index in [1.54, 1.807) is 54.6 Å². The quantitative estimate of drug-likeness (QED) is 0.478. The molecule has 0 fully saturated rings. The van der Waals surface area contributed by atoms with Crippen LogP contribution in [-0.2, 0) is 17.9 Å². The van der Waals surface area contributed by atoms with Crippen LogP contribution in [0.25, 0.3) is 10.9 Å². The number of carbonyl (C=O) groups is 1. The summed E-state index contributed by atoms with van der Waals surface area (Å²) in [5, 5.41) is 3.08. The van der Waals surface area contributed by atoms with Gasteiger partial charge in [-0.1, -0.05) is 12.1 Å². The van der Waals surface area contributed by atoms with Gasteiger partial charge in [-0.25, -0.2) is 4.79 Å². The van der Waals surface area contributed by atoms with Gasteiger partial charge < -0.3 is 19.2 Å². The molecule has 32 heavy (non-hydrogen) atoms. The topological polar surface area (TPSA) is 105 Å². The number of carbonyl (C=O) groups excluding carboxylic acids is 1. The minimum Gasteiger partial charge on any atom is -0.497 e. The molecule has 0 atom stereocenters. The van der Waals surface area contributed by atoms with Crippen molar-refractivity contribution in [3.63, 3.8) is 0 Å². The number of para-hydroxylation sites is 1. The number of nitrogens with one attached hydrogen (secondary N) is 1. The number of hydrogen-bond acceptors (Lipinski definition) is 6. The molecule has 1 N–H and O–H groups in total. The van der Waals surface area contributed by atoms with Crippen LogP contribution in [0.1, 0.15) is 5.76 Å². The number of furan rings is 1. The van der Waals surface area contributed by atoms with E-state index in [2.05, 4.69) is 5.32 Å². The number of anilines is 1. The summed E-state index contributed by atoms with van der Waals surface area (Å²) in [6.07, 6.45) is 1.47. The molecule has 0 radical (unpaired) electrons. The highest BCUT2D eigenvalue weighted by atomic mass is 16.5. The second-order valence-corrected chi connectivity index (χ2v) is 7.01. The Morgan fingerprint density at radius 2 is 1.69 bits per heavy atom. The predicted octanol–water partition coefficient (Wildman–Crippen LogP) is 2.46. The molecule has 0 saturated carbocycles. The van der Waals surface area contributed by atoms with Gasteiger partial charge in [-0.2, -0.15) is 0 Å². The third-order valence-corrected chi connectivity index (χ3v) is 4.96. The van der Waals surface area contributed by atoms with Gasteiger partial charge in [0.15, 0.2) is 0 Å². The lowest BCUT2D eigenvalue weighted by Gasteiger charge is -2.14. The van der Waals surface area contributed by atoms with E-state index < -0.39 is 17.2 Å². The van der Waals surface area contributed by atoms with E-state index in [4.69, 9.17) is 13.9 Å². The summed E-state index contributed by atoms with van der Waals surface area (Å²) >= 11 is 0. The van der Waals surface area contributed by atoms with Crippen LogP contribution in [0.15, 0.2) is 74.9 Å². The third kappa shape index (κ3) is 4.13. The first-order chi connectivity index (χ1) is 15.5. The Kier molecular flexibility index (Phi) is 5.80. The summed E-state index contributed by atoms with van der Waals surface area (Å²) in [7, 11) is 3.02. The zero-order valence-corrected chi connectivity index (χ0v) is 17.5. The molecule has 0 saturated heterocycles. The van der Waals surface area contributed by atoms with Gasteiger partial charge in [0, 0.05) is 23.9 Å². The number of rotatable bonds is 7. The van der Waals surface area contributed by atoms with E-state index in [1.165, 1.54) is 25.0 Å². The molecule has 4 rings (SSSR count). The van der Waals surface area contributed by atoms with Gasteiger partial charge in [-0.3, -0.25) is 18.7 Å². The zero-order valence-electron chi connectivity index (χ0n) is 17.5. The Bertz CT molecular complexity index is 1360. The molecule has 0 spiro atoms. The van der Waals surface area contributed by atoms with Crippen molar-refractivity contribution in [1.82, 2.24) is 9.13 Å². The van der Waals surface area contributed by atoms with Crippen LogP contribution in [0.5, 0.6) is 11.5 Å². The van der Waals surface area contributed by atoms with E-state index in [-0.39, 0.29) is 13.1 Å². The van der Waals surface area contributed by atoms with Crippen molar-refractivity contribution >= 4 is 22.5 Å². The van der Waals surface area contributed by atoms with Gasteiger partial charge in [0.2, 0.25) is 5.91 Å². The summed E-state index contributed by atoms with van der Waals surface area (Å²) < 4.78 is 18.1. The monoisotopic (exact) mass is 435 g/mol. The van der Waals surface area contributed by atoms with Gasteiger partial charge in [0.05, 0.1) is 37.9 Å². The number of ether oxygens (including phenoxy) is 2. The Hall–Kier alpha value is -4.27. The number of amides is 1. The predicted molar refractivity (Wildman–Crippen MR) is 118 cm³/mol. The largest absolute Gasteiger partial charge is 0.497 e. The molecular weight excluding hydrogens is 414 g/mol. The van der Waals surface area contributed by atoms with Crippen molar-refractivity contribution in [2.75, 3.05) is 19.5 Å². The maximum absolute atomic E-state index is 13.2. The highest BCUT2D eigenvalue weighted by Crippen LogP contribution is 2.25. The fourth-order valence-electron chi connectivity index (χ4n) is 3.45. The Morgan fingerprint density at radius 3 is 2.34 bits per heavy atom. The number of benzene rings is 2. The molecule has 4 aromatic rings. The van der Waals surface area contributed by atoms with E-state index in [1.807, 2.05) is 0 Å². The molecule has 164 valence electrons. The van der Waals surface area contributed by atoms with Crippen LogP contribution >= 0.6 is 0 Å². The highest BCUT2D eigenvalue weighted by molar-refractivity contribution is 5.92. The first-order valence-corrected chi connectivity index (χ1v) is 9.78. The van der Waals surface area contributed by atoms with Crippen molar-refractivity contribution in [1.29, 1.82) is 0 Å². The van der Waals surface area contributed by atoms with Gasteiger partial charge in [-0.15, -0.1) is 0 Å². The fourth-order valence-corrected chi connectivity index (χ4v) is 3.45. The Morgan fingerprint density at radius 1 is 0.969 bits per heavy atom. The van der Waals surface area contributed by atoms with Crippen LogP contribution in [0.3, 0.4) is 0 Å². The van der Waals surface area contributed by atoms with E-state index in [0.29, 0.717) is 33.8 Å². The molecule has 2 aromatic carbocycles. The van der Waals surface area contributed by atoms with Crippen LogP contribution in [0.4, 0.5) is 5.69 Å². The average Bonchev–Trinajstić information content (AvgIpc) is 3.32. The number of fused-ring (bicyclic) bond motifs is 1. The highest BCUT2D eigenvalue weighted by Gasteiger charge is 2.16. The summed E-state index contributed by atoms with van der Waals surface area (Å²) in [6, 6.07) is 15.0. The average molecular weight is 435 g/mol. The van der Waals surface area contributed by atoms with E-state index >= 15 is 0 Å². The minimum atomic E-state index is -0.608. The zero-order chi connectivity index (χ0) is 22.7. The van der Waals surface area contributed by atoms with Crippen molar-refractivity contribution in [2.45, 2.75) is 13.1 Å². The van der Waals surface area contributed by atoms with Crippen LogP contribution in [0.2, 0.25) is 0 Å². The fraction of sp³-hybridized carbons (Fsp3) is 0.174. The smallest absolute Gasteiger partial charge is 0.332 e. The molecule has 1 amide bonds. The van der Waals surface area contributed by atoms with Gasteiger partial charge in [0.1, 0.15) is 23.8 Å². The standard InChI is InChI=1S/C23H21N3O6/c1-30-17-10-15(11-18(12-17)31-2)24-21(27)14-25-20-8-4-3-7-19(20)22(28)26(23(25)29)13-16-6-5-9-32-16/h3-12H,13-14H2,1-2H3,(H,24,27). The summed E-state index contributed by atoms with van der Waals surface area (Å²) in [6.45, 7) is -0.332. The van der Waals surface area contributed by atoms with Gasteiger partial charge >= 0.3 is 5.69 Å². The summed E-state index contributed by atoms with van der Waals surface area (Å²) in [5.74, 6) is 1.03. The first kappa shape index (κ1) is 21.0. The normalized spacial score (nSPS) is 10.8. The molecule has 9 nitrogen and oxygen atoms in total. The molecule has 2 heterocycles. The Labute approximate surface area is 182 Å². The molecule has 0 aliphatic heterocycles. The van der Waals surface area contributed by atoms with Crippen molar-refractivity contribution in [2.24, 2.45) is 0 Å². The van der Waals surface area contributed by atoms with Crippen LogP contribution in [-0.4, -0.2) is 29.3 Å². The number of aromatic nitrogens is 2.